The molecule has 1 amide bonds. The van der Waals surface area contributed by atoms with Gasteiger partial charge in [-0.15, -0.1) is 0 Å². The van der Waals surface area contributed by atoms with Crippen molar-refractivity contribution in [1.29, 1.82) is 0 Å². The Kier molecular flexibility index (Phi) is 5.35. The molecule has 0 bridgehead atoms. The van der Waals surface area contributed by atoms with Crippen molar-refractivity contribution in [2.24, 2.45) is 0 Å². The Morgan fingerprint density at radius 2 is 1.72 bits per heavy atom. The van der Waals surface area contributed by atoms with Gasteiger partial charge in [-0.2, -0.15) is 0 Å². The van der Waals surface area contributed by atoms with Crippen LogP contribution in [0.2, 0.25) is 0 Å². The van der Waals surface area contributed by atoms with Gasteiger partial charge in [0, 0.05) is 26.5 Å². The lowest BCUT2D eigenvalue weighted by molar-refractivity contribution is -0.164. The predicted molar refractivity (Wildman–Crippen MR) is 69.4 cm³/mol. The van der Waals surface area contributed by atoms with Crippen LogP contribution in [0, 0.1) is 0 Å². The van der Waals surface area contributed by atoms with E-state index in [4.69, 9.17) is 4.74 Å². The first-order valence-corrected chi connectivity index (χ1v) is 6.06. The lowest BCUT2D eigenvalue weighted by Gasteiger charge is -2.43. The van der Waals surface area contributed by atoms with Gasteiger partial charge in [0.1, 0.15) is 5.54 Å². The van der Waals surface area contributed by atoms with Gasteiger partial charge in [-0.25, -0.2) is 4.79 Å². The Labute approximate surface area is 109 Å². The van der Waals surface area contributed by atoms with E-state index in [1.807, 2.05) is 27.7 Å². The van der Waals surface area contributed by atoms with Gasteiger partial charge in [0.25, 0.3) is 0 Å². The van der Waals surface area contributed by atoms with Gasteiger partial charge in [-0.05, 0) is 34.6 Å². The summed E-state index contributed by atoms with van der Waals surface area (Å²) < 4.78 is 5.29. The first kappa shape index (κ1) is 16.9. The molecule has 0 heterocycles. The van der Waals surface area contributed by atoms with Gasteiger partial charge in [-0.1, -0.05) is 0 Å². The highest BCUT2D eigenvalue weighted by Gasteiger charge is 2.46. The Balaban J connectivity index is 5.50. The zero-order chi connectivity index (χ0) is 14.7. The van der Waals surface area contributed by atoms with E-state index in [0.717, 1.165) is 0 Å². The minimum Gasteiger partial charge on any atom is -0.480 e. The number of amides is 1. The standard InChI is InChI=1S/C13H25NO4/c1-9(2)14(10(3)15)13(6,11(16)17)8-12(4,5)18-7/h9H,8H2,1-7H3,(H,16,17). The molecule has 0 fully saturated rings. The van der Waals surface area contributed by atoms with Crippen LogP contribution in [0.5, 0.6) is 0 Å². The van der Waals surface area contributed by atoms with Gasteiger partial charge < -0.3 is 14.7 Å². The van der Waals surface area contributed by atoms with Crippen LogP contribution in [0.4, 0.5) is 0 Å². The van der Waals surface area contributed by atoms with E-state index in [-0.39, 0.29) is 18.4 Å². The molecule has 0 spiro atoms. The second-order valence-electron chi connectivity index (χ2n) is 5.70. The second kappa shape index (κ2) is 5.69. The van der Waals surface area contributed by atoms with Crippen LogP contribution in [0.1, 0.15) is 48.0 Å². The maximum atomic E-state index is 11.7. The van der Waals surface area contributed by atoms with Crippen LogP contribution in [0.15, 0.2) is 0 Å². The summed E-state index contributed by atoms with van der Waals surface area (Å²) in [6.07, 6.45) is 0.226. The number of carboxylic acid groups (broad SMARTS) is 1. The molecule has 1 atom stereocenters. The van der Waals surface area contributed by atoms with E-state index < -0.39 is 17.1 Å². The lowest BCUT2D eigenvalue weighted by atomic mass is 9.85. The molecular weight excluding hydrogens is 234 g/mol. The second-order valence-corrected chi connectivity index (χ2v) is 5.70. The first-order chi connectivity index (χ1) is 7.98. The first-order valence-electron chi connectivity index (χ1n) is 6.06. The molecule has 0 saturated heterocycles. The third-order valence-corrected chi connectivity index (χ3v) is 3.17. The van der Waals surface area contributed by atoms with E-state index in [1.54, 1.807) is 6.92 Å². The van der Waals surface area contributed by atoms with Crippen molar-refractivity contribution in [1.82, 2.24) is 4.90 Å². The summed E-state index contributed by atoms with van der Waals surface area (Å²) in [5.41, 5.74) is -1.89. The van der Waals surface area contributed by atoms with Crippen molar-refractivity contribution >= 4 is 11.9 Å². The van der Waals surface area contributed by atoms with Gasteiger partial charge in [0.2, 0.25) is 5.91 Å². The number of carbonyl (C=O) groups excluding carboxylic acids is 1. The molecule has 1 N–H and O–H groups in total. The highest BCUT2D eigenvalue weighted by molar-refractivity contribution is 5.86. The number of hydrogen-bond donors (Lipinski definition) is 1. The Morgan fingerprint density at radius 3 is 1.94 bits per heavy atom. The number of carboxylic acids is 1. The van der Waals surface area contributed by atoms with Crippen LogP contribution < -0.4 is 0 Å². The van der Waals surface area contributed by atoms with Crippen molar-refractivity contribution in [3.05, 3.63) is 0 Å². The minimum absolute atomic E-state index is 0.184. The molecule has 0 aromatic rings. The fourth-order valence-electron chi connectivity index (χ4n) is 2.45. The van der Waals surface area contributed by atoms with E-state index in [0.29, 0.717) is 0 Å². The Morgan fingerprint density at radius 1 is 1.28 bits per heavy atom. The SMILES string of the molecule is COC(C)(C)CC(C)(C(=O)O)N(C(C)=O)C(C)C. The molecule has 0 aliphatic rings. The molecule has 5 heteroatoms. The molecule has 0 aromatic heterocycles. The van der Waals surface area contributed by atoms with Crippen molar-refractivity contribution in [3.8, 4) is 0 Å². The highest BCUT2D eigenvalue weighted by Crippen LogP contribution is 2.30. The maximum Gasteiger partial charge on any atom is 0.329 e. The largest absolute Gasteiger partial charge is 0.480 e. The van der Waals surface area contributed by atoms with Crippen molar-refractivity contribution in [2.45, 2.75) is 65.1 Å². The van der Waals surface area contributed by atoms with Crippen LogP contribution in [0.3, 0.4) is 0 Å². The van der Waals surface area contributed by atoms with Gasteiger partial charge in [0.05, 0.1) is 5.60 Å². The fraction of sp³-hybridized carbons (Fsp3) is 0.846. The van der Waals surface area contributed by atoms with Crippen LogP contribution in [0.25, 0.3) is 0 Å². The molecule has 106 valence electrons. The number of rotatable bonds is 6. The zero-order valence-corrected chi connectivity index (χ0v) is 12.4. The number of hydrogen-bond acceptors (Lipinski definition) is 3. The Bertz CT molecular complexity index is 325. The summed E-state index contributed by atoms with van der Waals surface area (Å²) in [6, 6.07) is -0.184. The molecule has 1 unspecified atom stereocenters. The third kappa shape index (κ3) is 3.70. The van der Waals surface area contributed by atoms with Crippen LogP contribution in [-0.2, 0) is 14.3 Å². The third-order valence-electron chi connectivity index (χ3n) is 3.17. The van der Waals surface area contributed by atoms with E-state index in [1.165, 1.54) is 18.9 Å². The van der Waals surface area contributed by atoms with Crippen molar-refractivity contribution in [2.75, 3.05) is 7.11 Å². The molecule has 18 heavy (non-hydrogen) atoms. The van der Waals surface area contributed by atoms with E-state index in [9.17, 15) is 14.7 Å². The quantitative estimate of drug-likeness (QED) is 0.791. The molecule has 0 radical (unpaired) electrons. The molecule has 0 aliphatic carbocycles. The smallest absolute Gasteiger partial charge is 0.329 e. The van der Waals surface area contributed by atoms with Crippen molar-refractivity contribution < 1.29 is 19.4 Å². The van der Waals surface area contributed by atoms with Gasteiger partial charge in [-0.3, -0.25) is 4.79 Å². The van der Waals surface area contributed by atoms with E-state index in [2.05, 4.69) is 0 Å². The predicted octanol–water partition coefficient (Wildman–Crippen LogP) is 1.90. The lowest BCUT2D eigenvalue weighted by Crippen LogP contribution is -2.60. The summed E-state index contributed by atoms with van der Waals surface area (Å²) in [6.45, 7) is 10.2. The topological polar surface area (TPSA) is 66.8 Å². The molecule has 0 aromatic carbocycles. The summed E-state index contributed by atoms with van der Waals surface area (Å²) >= 11 is 0. The highest BCUT2D eigenvalue weighted by atomic mass is 16.5. The number of ether oxygens (including phenoxy) is 1. The number of aliphatic carboxylic acids is 1. The number of methoxy groups -OCH3 is 1. The summed E-state index contributed by atoms with van der Waals surface area (Å²) in [5, 5.41) is 9.51. The average Bonchev–Trinajstić information content (AvgIpc) is 2.15. The minimum atomic E-state index is -1.28. The van der Waals surface area contributed by atoms with Gasteiger partial charge >= 0.3 is 5.97 Å². The van der Waals surface area contributed by atoms with Crippen molar-refractivity contribution in [3.63, 3.8) is 0 Å². The van der Waals surface area contributed by atoms with Crippen LogP contribution in [-0.4, -0.2) is 46.2 Å². The van der Waals surface area contributed by atoms with E-state index >= 15 is 0 Å². The zero-order valence-electron chi connectivity index (χ0n) is 12.4. The summed E-state index contributed by atoms with van der Waals surface area (Å²) in [4.78, 5) is 24.7. The fourth-order valence-corrected chi connectivity index (χ4v) is 2.45. The summed E-state index contributed by atoms with van der Waals surface area (Å²) in [7, 11) is 1.54. The Hall–Kier alpha value is -1.10. The summed E-state index contributed by atoms with van der Waals surface area (Å²) in [5.74, 6) is -1.27. The molecule has 0 aliphatic heterocycles. The average molecular weight is 259 g/mol. The molecule has 5 nitrogen and oxygen atoms in total. The van der Waals surface area contributed by atoms with Crippen LogP contribution >= 0.6 is 0 Å². The van der Waals surface area contributed by atoms with Gasteiger partial charge in [0.15, 0.2) is 0 Å². The monoisotopic (exact) mass is 259 g/mol. The maximum absolute atomic E-state index is 11.7. The normalized spacial score (nSPS) is 15.3. The molecule has 0 saturated carbocycles. The number of nitrogens with zero attached hydrogens (tertiary/aromatic N) is 1. The number of carbonyl (C=O) groups is 2. The molecule has 0 rings (SSSR count). The molecular formula is C13H25NO4.